The molecule has 8 heterocycles. The maximum Gasteiger partial charge on any atom is 0.244 e. The number of carbonyl (C=O) groups excluding carboxylic acids is 12. The molecular weight excluding hydrogens is 1470 g/mol. The molecule has 9 aromatic rings. The fraction of sp³-hybridized carbons (Fsp3) is 0.358. The predicted molar refractivity (Wildman–Crippen MR) is 421 cm³/mol. The molecule has 3 aliphatic rings. The molecule has 0 spiro atoms. The Morgan fingerprint density at radius 2 is 0.839 bits per heavy atom. The maximum absolute atomic E-state index is 15.8. The summed E-state index contributed by atoms with van der Waals surface area (Å²) in [7, 11) is 2.11. The van der Waals surface area contributed by atoms with Crippen LogP contribution in [0.1, 0.15) is 91.7 Å². The Kier molecular flexibility index (Phi) is 27.2. The van der Waals surface area contributed by atoms with Crippen LogP contribution in [0.15, 0.2) is 176 Å². The highest BCUT2D eigenvalue weighted by Crippen LogP contribution is 2.33. The third-order valence-corrected chi connectivity index (χ3v) is 22.9. The minimum atomic E-state index is -1.57. The van der Waals surface area contributed by atoms with Gasteiger partial charge in [-0.2, -0.15) is 0 Å². The number of hydrogen-bond donors (Lipinski definition) is 13. The number of para-hydroxylation sites is 2. The zero-order chi connectivity index (χ0) is 78.6. The Labute approximate surface area is 652 Å². The summed E-state index contributed by atoms with van der Waals surface area (Å²) in [4.78, 5) is 216. The number of aliphatic imine (C=N–C) groups is 1. The topological polar surface area (TPSA) is 431 Å². The van der Waals surface area contributed by atoms with Gasteiger partial charge in [-0.3, -0.25) is 62.5 Å². The highest BCUT2D eigenvalue weighted by atomic mass is 33.1. The first-order chi connectivity index (χ1) is 54.2. The summed E-state index contributed by atoms with van der Waals surface area (Å²) in [6.45, 7) is 2.91. The van der Waals surface area contributed by atoms with Crippen molar-refractivity contribution in [3.05, 3.63) is 210 Å². The van der Waals surface area contributed by atoms with Gasteiger partial charge in [0.25, 0.3) is 0 Å². The van der Waals surface area contributed by atoms with Crippen LogP contribution in [0.5, 0.6) is 0 Å². The number of rotatable bonds is 16. The van der Waals surface area contributed by atoms with Gasteiger partial charge in [0.05, 0.1) is 48.0 Å². The van der Waals surface area contributed by atoms with Gasteiger partial charge in [0.15, 0.2) is 5.78 Å². The third-order valence-electron chi connectivity index (χ3n) is 20.4. The van der Waals surface area contributed by atoms with Crippen molar-refractivity contribution in [3.8, 4) is 0 Å². The molecule has 2 saturated heterocycles. The highest BCUT2D eigenvalue weighted by molar-refractivity contribution is 8.76. The minimum absolute atomic E-state index is 0.0155. The van der Waals surface area contributed by atoms with Crippen molar-refractivity contribution < 1.29 is 57.5 Å². The number of benzene rings is 4. The number of Topliss-reactive ketones (excluding diaryl/α,β-unsaturated/α-hetero) is 4. The number of aromatic nitrogens is 8. The minimum Gasteiger partial charge on any atom is -0.361 e. The molecule has 2 fully saturated rings. The lowest BCUT2D eigenvalue weighted by Gasteiger charge is -2.28. The summed E-state index contributed by atoms with van der Waals surface area (Å²) in [6.07, 6.45) is 13.3. The number of amides is 8. The van der Waals surface area contributed by atoms with Crippen molar-refractivity contribution in [3.63, 3.8) is 0 Å². The Morgan fingerprint density at radius 1 is 0.375 bits per heavy atom. The summed E-state index contributed by atoms with van der Waals surface area (Å²) in [5.74, 6) is -13.8. The van der Waals surface area contributed by atoms with E-state index in [1.807, 2.05) is 42.5 Å². The molecule has 31 heteroatoms. The Morgan fingerprint density at radius 3 is 1.38 bits per heavy atom. The van der Waals surface area contributed by atoms with E-state index in [1.165, 1.54) is 38.3 Å². The number of ketones is 4. The van der Waals surface area contributed by atoms with Gasteiger partial charge in [-0.25, -0.2) is 15.0 Å². The van der Waals surface area contributed by atoms with Crippen LogP contribution < -0.4 is 42.5 Å². The number of allylic oxidation sites excluding steroid dienone is 1. The molecule has 12 atom stereocenters. The number of nitrogens with zero attached hydrogens (tertiary/aromatic N) is 4. The van der Waals surface area contributed by atoms with Crippen LogP contribution in [0.3, 0.4) is 0 Å². The molecule has 2 bridgehead atoms. The average molecular weight is 1560 g/mol. The molecule has 5 aromatic heterocycles. The number of imidazole rings is 3. The number of fused-ring (bicyclic) bond motifs is 7. The highest BCUT2D eigenvalue weighted by Gasteiger charge is 2.40. The second-order valence-corrected chi connectivity index (χ2v) is 31.2. The molecule has 112 heavy (non-hydrogen) atoms. The average Bonchev–Trinajstić information content (AvgIpc) is 1.66. The first kappa shape index (κ1) is 79.7. The Bertz CT molecular complexity index is 4890. The number of aromatic amines is 5. The molecule has 0 radical (unpaired) electrons. The molecule has 12 rings (SSSR count). The van der Waals surface area contributed by atoms with E-state index in [-0.39, 0.29) is 62.9 Å². The molecule has 4 aromatic carbocycles. The predicted octanol–water partition coefficient (Wildman–Crippen LogP) is 5.19. The summed E-state index contributed by atoms with van der Waals surface area (Å²) >= 11 is 0. The first-order valence-electron chi connectivity index (χ1n) is 37.3. The summed E-state index contributed by atoms with van der Waals surface area (Å²) < 4.78 is 0. The lowest BCUT2D eigenvalue weighted by Crippen LogP contribution is -2.61. The van der Waals surface area contributed by atoms with Crippen LogP contribution in [0.25, 0.3) is 21.8 Å². The number of H-pyrrole nitrogens is 5. The van der Waals surface area contributed by atoms with E-state index in [9.17, 15) is 9.59 Å². The van der Waals surface area contributed by atoms with Crippen molar-refractivity contribution >= 4 is 120 Å². The van der Waals surface area contributed by atoms with Gasteiger partial charge in [-0.1, -0.05) is 132 Å². The SMILES string of the molecule is C[C@@H]1CC(=O)[C@@H]2CSSC[C@H](NC(=O)[C@H](Cc3c[nH]c4ccccc34)NC(=O)[C@H](Cc3c[nH]cn3)NC(=O)[C@@H](Cc3ccccc3)NC(=O)[C@H](Cc3c[nH]cn3)CC1=O)C(=O)N[C@@H](C)C(=O)N[C@@H](Cc1c[nH]cn1)C(=O)N[C@H](Cc1ccccc1)C(=O)N[C@@H](CC1=CCC=N1)C(=O)C[C@@H](Cc1c[nH]c3ccccc13)C(=O)C2. The van der Waals surface area contributed by atoms with Crippen molar-refractivity contribution in [1.29, 1.82) is 0 Å². The Hall–Kier alpha value is -11.9. The fourth-order valence-electron chi connectivity index (χ4n) is 14.1. The standard InChI is InChI=1S/C81H89N17O12S2/c1-46-24-71(100)54-32-72(101)50(27-52-36-86-61-21-11-9-19-59(52)61)30-73(102)63(33-55-18-13-23-85-55)92-76(105)65(26-49-16-7-4-8-17-49)95-79(108)67(34-57-39-83-44-89-57)93-74(103)47(2)91-81(110)69(42-112-111-41-54)98-78(107)66(29-53-37-87-62-22-12-10-20-60(53)62)96-80(109)68(35-58-40-84-45-90-58)97-77(106)64(25-48-14-5-3-6-15-48)94-75(104)51(31-70(46)99)28-56-38-82-43-88-56/h3-12,14-23,36-40,43-47,50-51,54,63-69,86-87H,13,24-35,41-42H2,1-2H3,(H,82,88)(H,83,89)(H,84,90)(H,91,110)(H,92,105)(H,93,103)(H,94,104)(H,95,108)(H,96,109)(H,97,106)(H,98,107)/t46-,47+,50-,51-,54+,63+,64-,65-,66+,67+,68+,69+/m1/s1. The molecule has 29 nitrogen and oxygen atoms in total. The van der Waals surface area contributed by atoms with Gasteiger partial charge in [-0.05, 0) is 47.7 Å². The molecule has 13 N–H and O–H groups in total. The second kappa shape index (κ2) is 38.2. The summed E-state index contributed by atoms with van der Waals surface area (Å²) in [5.41, 5.74) is 5.48. The number of hydrogen-bond acceptors (Lipinski definition) is 18. The Balaban J connectivity index is 0.953. The van der Waals surface area contributed by atoms with Crippen LogP contribution in [-0.4, -0.2) is 176 Å². The second-order valence-electron chi connectivity index (χ2n) is 28.6. The quantitative estimate of drug-likeness (QED) is 0.0553. The van der Waals surface area contributed by atoms with Crippen molar-refractivity contribution in [2.45, 2.75) is 146 Å². The monoisotopic (exact) mass is 1560 g/mol. The van der Waals surface area contributed by atoms with Crippen molar-refractivity contribution in [1.82, 2.24) is 82.4 Å². The van der Waals surface area contributed by atoms with E-state index >= 15 is 47.9 Å². The lowest BCUT2D eigenvalue weighted by molar-refractivity contribution is -0.136. The van der Waals surface area contributed by atoms with Gasteiger partial charge >= 0.3 is 0 Å². The van der Waals surface area contributed by atoms with E-state index in [1.54, 1.807) is 105 Å². The zero-order valence-electron chi connectivity index (χ0n) is 61.7. The molecule has 582 valence electrons. The zero-order valence-corrected chi connectivity index (χ0v) is 63.3. The lowest BCUT2D eigenvalue weighted by atomic mass is 9.82. The van der Waals surface area contributed by atoms with Crippen LogP contribution >= 0.6 is 21.6 Å². The molecule has 0 aliphatic carbocycles. The van der Waals surface area contributed by atoms with Gasteiger partial charge in [0.1, 0.15) is 59.6 Å². The van der Waals surface area contributed by atoms with E-state index < -0.39 is 168 Å². The maximum atomic E-state index is 15.8. The fourth-order valence-corrected chi connectivity index (χ4v) is 16.6. The normalized spacial score (nSPS) is 24.6. The van der Waals surface area contributed by atoms with Gasteiger partial charge in [0.2, 0.25) is 47.3 Å². The molecular formula is C81H89N17O12S2. The van der Waals surface area contributed by atoms with E-state index in [4.69, 9.17) is 0 Å². The van der Waals surface area contributed by atoms with Crippen molar-refractivity contribution in [2.24, 2.45) is 28.7 Å². The van der Waals surface area contributed by atoms with Crippen LogP contribution in [0.2, 0.25) is 0 Å². The van der Waals surface area contributed by atoms with Gasteiger partial charge in [-0.15, -0.1) is 0 Å². The van der Waals surface area contributed by atoms with E-state index in [0.717, 1.165) is 32.5 Å². The summed E-state index contributed by atoms with van der Waals surface area (Å²) in [5, 5.41) is 24.2. The molecule has 0 saturated carbocycles. The number of nitrogens with one attached hydrogen (secondary N) is 13. The van der Waals surface area contributed by atoms with E-state index in [0.29, 0.717) is 62.4 Å². The molecule has 8 amide bonds. The van der Waals surface area contributed by atoms with E-state index in [2.05, 4.69) is 87.4 Å². The van der Waals surface area contributed by atoms with Crippen LogP contribution in [-0.2, 0) is 102 Å². The largest absolute Gasteiger partial charge is 0.361 e. The van der Waals surface area contributed by atoms with Gasteiger partial charge < -0.3 is 67.5 Å². The third kappa shape index (κ3) is 21.6. The smallest absolute Gasteiger partial charge is 0.244 e. The molecule has 0 unspecified atom stereocenters. The van der Waals surface area contributed by atoms with Crippen molar-refractivity contribution in [2.75, 3.05) is 11.5 Å². The number of carbonyl (C=O) groups is 12. The molecule has 3 aliphatic heterocycles. The van der Waals surface area contributed by atoms with Crippen LogP contribution in [0.4, 0.5) is 0 Å². The van der Waals surface area contributed by atoms with Crippen LogP contribution in [0, 0.1) is 23.7 Å². The first-order valence-corrected chi connectivity index (χ1v) is 39.8. The van der Waals surface area contributed by atoms with Gasteiger partial charge in [0, 0.05) is 171 Å². The summed E-state index contributed by atoms with van der Waals surface area (Å²) in [6, 6.07) is 20.6.